The lowest BCUT2D eigenvalue weighted by molar-refractivity contribution is -0.132. The molecule has 18 heavy (non-hydrogen) atoms. The van der Waals surface area contributed by atoms with Crippen LogP contribution < -0.4 is 0 Å². The minimum Gasteiger partial charge on any atom is -0.465 e. The van der Waals surface area contributed by atoms with Crippen LogP contribution in [-0.4, -0.2) is 40.9 Å². The first kappa shape index (κ1) is 11.8. The van der Waals surface area contributed by atoms with Crippen molar-refractivity contribution >= 4 is 5.91 Å². The zero-order valence-corrected chi connectivity index (χ0v) is 11.1. The van der Waals surface area contributed by atoms with Crippen LogP contribution in [0, 0.1) is 6.92 Å². The third-order valence-corrected chi connectivity index (χ3v) is 3.99. The molecule has 2 fully saturated rings. The Bertz CT molecular complexity index is 454. The summed E-state index contributed by atoms with van der Waals surface area (Å²) in [6.07, 6.45) is 2.30. The van der Waals surface area contributed by atoms with Gasteiger partial charge in [-0.05, 0) is 38.8 Å². The van der Waals surface area contributed by atoms with Crippen molar-refractivity contribution in [1.82, 2.24) is 9.80 Å². The van der Waals surface area contributed by atoms with E-state index in [0.29, 0.717) is 11.9 Å². The second-order valence-corrected chi connectivity index (χ2v) is 5.48. The van der Waals surface area contributed by atoms with Gasteiger partial charge in [-0.15, -0.1) is 0 Å². The van der Waals surface area contributed by atoms with E-state index in [4.69, 9.17) is 4.42 Å². The molecule has 0 radical (unpaired) electrons. The molecule has 1 aromatic rings. The first-order valence-electron chi connectivity index (χ1n) is 6.75. The molecular formula is C14H20N2O2. The van der Waals surface area contributed by atoms with Gasteiger partial charge in [0.15, 0.2) is 0 Å². The Morgan fingerprint density at radius 3 is 2.94 bits per heavy atom. The number of likely N-dealkylation sites (tertiary alicyclic amines) is 1. The first-order valence-corrected chi connectivity index (χ1v) is 6.75. The molecule has 0 aliphatic carbocycles. The van der Waals surface area contributed by atoms with E-state index in [0.717, 1.165) is 44.0 Å². The maximum absolute atomic E-state index is 12.3. The molecule has 0 N–H and O–H groups in total. The molecule has 3 unspecified atom stereocenters. The number of carbonyl (C=O) groups is 1. The van der Waals surface area contributed by atoms with Gasteiger partial charge in [0.2, 0.25) is 5.91 Å². The molecule has 3 atom stereocenters. The average Bonchev–Trinajstić information content (AvgIpc) is 2.75. The van der Waals surface area contributed by atoms with E-state index >= 15 is 0 Å². The highest BCUT2D eigenvalue weighted by atomic mass is 16.3. The van der Waals surface area contributed by atoms with Gasteiger partial charge < -0.3 is 9.32 Å². The molecular weight excluding hydrogens is 228 g/mol. The standard InChI is InChI=1S/C14H20N2O2/c1-10-4-3-7-16(10)14(17)13-9-15(13)8-12-6-5-11(2)18-12/h5-6,10,13H,3-4,7-9H2,1-2H3. The minimum atomic E-state index is 0.0935. The zero-order valence-electron chi connectivity index (χ0n) is 11.1. The van der Waals surface area contributed by atoms with Crippen molar-refractivity contribution in [1.29, 1.82) is 0 Å². The number of amides is 1. The summed E-state index contributed by atoms with van der Waals surface area (Å²) in [7, 11) is 0. The molecule has 98 valence electrons. The number of hydrogen-bond acceptors (Lipinski definition) is 3. The molecule has 0 bridgehead atoms. The second-order valence-electron chi connectivity index (χ2n) is 5.48. The fourth-order valence-corrected chi connectivity index (χ4v) is 2.81. The van der Waals surface area contributed by atoms with Crippen LogP contribution in [0.4, 0.5) is 0 Å². The summed E-state index contributed by atoms with van der Waals surface area (Å²) in [5, 5.41) is 0. The van der Waals surface area contributed by atoms with Gasteiger partial charge in [0.05, 0.1) is 6.54 Å². The summed E-state index contributed by atoms with van der Waals surface area (Å²) in [6, 6.07) is 4.48. The van der Waals surface area contributed by atoms with Crippen LogP contribution in [0.3, 0.4) is 0 Å². The van der Waals surface area contributed by atoms with Gasteiger partial charge in [-0.2, -0.15) is 0 Å². The molecule has 0 aromatic carbocycles. The van der Waals surface area contributed by atoms with Crippen LogP contribution >= 0.6 is 0 Å². The van der Waals surface area contributed by atoms with Crippen molar-refractivity contribution in [3.63, 3.8) is 0 Å². The molecule has 0 spiro atoms. The number of rotatable bonds is 3. The predicted molar refractivity (Wildman–Crippen MR) is 68.1 cm³/mol. The Balaban J connectivity index is 1.56. The van der Waals surface area contributed by atoms with Crippen molar-refractivity contribution in [2.75, 3.05) is 13.1 Å². The van der Waals surface area contributed by atoms with E-state index in [-0.39, 0.29) is 6.04 Å². The number of hydrogen-bond donors (Lipinski definition) is 0. The number of nitrogens with zero attached hydrogens (tertiary/aromatic N) is 2. The molecule has 2 aliphatic rings. The number of aryl methyl sites for hydroxylation is 1. The van der Waals surface area contributed by atoms with E-state index in [1.54, 1.807) is 0 Å². The van der Waals surface area contributed by atoms with Gasteiger partial charge >= 0.3 is 0 Å². The monoisotopic (exact) mass is 248 g/mol. The highest BCUT2D eigenvalue weighted by Crippen LogP contribution is 2.27. The maximum Gasteiger partial charge on any atom is 0.241 e. The van der Waals surface area contributed by atoms with Gasteiger partial charge in [0.1, 0.15) is 17.6 Å². The molecule has 4 nitrogen and oxygen atoms in total. The predicted octanol–water partition coefficient (Wildman–Crippen LogP) is 1.78. The quantitative estimate of drug-likeness (QED) is 0.765. The summed E-state index contributed by atoms with van der Waals surface area (Å²) in [4.78, 5) is 16.5. The van der Waals surface area contributed by atoms with Crippen LogP contribution in [0.5, 0.6) is 0 Å². The van der Waals surface area contributed by atoms with E-state index < -0.39 is 0 Å². The Hall–Kier alpha value is -1.29. The SMILES string of the molecule is Cc1ccc(CN2CC2C(=O)N2CCCC2C)o1. The third kappa shape index (κ3) is 2.17. The normalized spacial score (nSPS) is 30.8. The van der Waals surface area contributed by atoms with E-state index in [1.165, 1.54) is 0 Å². The van der Waals surface area contributed by atoms with Crippen LogP contribution in [-0.2, 0) is 11.3 Å². The van der Waals surface area contributed by atoms with E-state index in [1.807, 2.05) is 24.0 Å². The van der Waals surface area contributed by atoms with Gasteiger partial charge in [-0.1, -0.05) is 0 Å². The topological polar surface area (TPSA) is 36.5 Å². The molecule has 2 saturated heterocycles. The number of carbonyl (C=O) groups excluding carboxylic acids is 1. The highest BCUT2D eigenvalue weighted by Gasteiger charge is 2.44. The summed E-state index contributed by atoms with van der Waals surface area (Å²) >= 11 is 0. The van der Waals surface area contributed by atoms with Crippen molar-refractivity contribution in [2.24, 2.45) is 0 Å². The van der Waals surface area contributed by atoms with Crippen molar-refractivity contribution in [3.8, 4) is 0 Å². The van der Waals surface area contributed by atoms with Gasteiger partial charge in [0, 0.05) is 19.1 Å². The number of furan rings is 1. The Kier molecular flexibility index (Phi) is 2.90. The lowest BCUT2D eigenvalue weighted by Crippen LogP contribution is -2.37. The third-order valence-electron chi connectivity index (χ3n) is 3.99. The van der Waals surface area contributed by atoms with Crippen molar-refractivity contribution < 1.29 is 9.21 Å². The van der Waals surface area contributed by atoms with Crippen LogP contribution in [0.25, 0.3) is 0 Å². The molecule has 2 aliphatic heterocycles. The van der Waals surface area contributed by atoms with E-state index in [2.05, 4.69) is 11.8 Å². The molecule has 1 amide bonds. The van der Waals surface area contributed by atoms with Crippen molar-refractivity contribution in [2.45, 2.75) is 45.3 Å². The van der Waals surface area contributed by atoms with Crippen LogP contribution in [0.2, 0.25) is 0 Å². The van der Waals surface area contributed by atoms with Crippen LogP contribution in [0.15, 0.2) is 16.5 Å². The molecule has 0 saturated carbocycles. The summed E-state index contributed by atoms with van der Waals surface area (Å²) < 4.78 is 5.54. The molecule has 1 aromatic heterocycles. The first-order chi connectivity index (χ1) is 8.65. The lowest BCUT2D eigenvalue weighted by atomic mass is 10.2. The smallest absolute Gasteiger partial charge is 0.241 e. The molecule has 3 heterocycles. The van der Waals surface area contributed by atoms with E-state index in [9.17, 15) is 4.79 Å². The van der Waals surface area contributed by atoms with Crippen LogP contribution in [0.1, 0.15) is 31.3 Å². The van der Waals surface area contributed by atoms with Gasteiger partial charge in [-0.25, -0.2) is 0 Å². The minimum absolute atomic E-state index is 0.0935. The average molecular weight is 248 g/mol. The molecule has 4 heteroatoms. The summed E-state index contributed by atoms with van der Waals surface area (Å²) in [6.45, 7) is 6.66. The summed E-state index contributed by atoms with van der Waals surface area (Å²) in [5.41, 5.74) is 0. The Labute approximate surface area is 108 Å². The fourth-order valence-electron chi connectivity index (χ4n) is 2.81. The Morgan fingerprint density at radius 2 is 2.33 bits per heavy atom. The Morgan fingerprint density at radius 1 is 1.50 bits per heavy atom. The highest BCUT2D eigenvalue weighted by molar-refractivity contribution is 5.85. The molecule has 3 rings (SSSR count). The van der Waals surface area contributed by atoms with Crippen molar-refractivity contribution in [3.05, 3.63) is 23.7 Å². The van der Waals surface area contributed by atoms with Gasteiger partial charge in [0.25, 0.3) is 0 Å². The summed E-state index contributed by atoms with van der Waals surface area (Å²) in [5.74, 6) is 2.20. The zero-order chi connectivity index (χ0) is 12.7. The van der Waals surface area contributed by atoms with Gasteiger partial charge in [-0.3, -0.25) is 9.69 Å². The fraction of sp³-hybridized carbons (Fsp3) is 0.643. The lowest BCUT2D eigenvalue weighted by Gasteiger charge is -2.21. The second kappa shape index (κ2) is 4.43. The maximum atomic E-state index is 12.3. The largest absolute Gasteiger partial charge is 0.465 e.